The molecule has 0 amide bonds. The second-order valence-corrected chi connectivity index (χ2v) is 5.64. The molecule has 0 bridgehead atoms. The smallest absolute Gasteiger partial charge is 0.211 e. The van der Waals surface area contributed by atoms with Crippen LogP contribution in [0, 0.1) is 6.92 Å². The van der Waals surface area contributed by atoms with Crippen molar-refractivity contribution in [3.8, 4) is 5.75 Å². The van der Waals surface area contributed by atoms with E-state index in [1.165, 1.54) is 5.56 Å². The number of guanidine groups is 1. The lowest BCUT2D eigenvalue weighted by Gasteiger charge is -2.09. The third-order valence-electron chi connectivity index (χ3n) is 2.86. The SMILES string of the molecule is Cc1ccc(COc2ccc(Br)cc2/C=N/N=C(N)N)cc1. The summed E-state index contributed by atoms with van der Waals surface area (Å²) in [7, 11) is 0. The van der Waals surface area contributed by atoms with Crippen molar-refractivity contribution in [3.63, 3.8) is 0 Å². The van der Waals surface area contributed by atoms with Gasteiger partial charge in [-0.3, -0.25) is 0 Å². The maximum Gasteiger partial charge on any atom is 0.211 e. The lowest BCUT2D eigenvalue weighted by Crippen LogP contribution is -2.21. The fraction of sp³-hybridized carbons (Fsp3) is 0.125. The number of ether oxygens (including phenoxy) is 1. The number of rotatable bonds is 5. The maximum absolute atomic E-state index is 5.85. The Hall–Kier alpha value is -2.34. The van der Waals surface area contributed by atoms with E-state index in [1.807, 2.05) is 30.3 Å². The topological polar surface area (TPSA) is 86.0 Å². The van der Waals surface area contributed by atoms with Crippen LogP contribution in [0.2, 0.25) is 0 Å². The Morgan fingerprint density at radius 2 is 1.91 bits per heavy atom. The minimum Gasteiger partial charge on any atom is -0.488 e. The van der Waals surface area contributed by atoms with Crippen LogP contribution in [-0.2, 0) is 6.61 Å². The standard InChI is InChI=1S/C16H17BrN4O/c1-11-2-4-12(5-3-11)10-22-15-7-6-14(17)8-13(15)9-20-21-16(18)19/h2-9H,10H2,1H3,(H4,18,19,21)/b20-9+. The molecular formula is C16H17BrN4O. The molecule has 0 aliphatic carbocycles. The summed E-state index contributed by atoms with van der Waals surface area (Å²) in [5.41, 5.74) is 13.6. The molecule has 0 aromatic heterocycles. The zero-order valence-electron chi connectivity index (χ0n) is 12.2. The Bertz CT molecular complexity index is 692. The van der Waals surface area contributed by atoms with Gasteiger partial charge in [0.25, 0.3) is 0 Å². The van der Waals surface area contributed by atoms with E-state index >= 15 is 0 Å². The predicted octanol–water partition coefficient (Wildman–Crippen LogP) is 2.94. The van der Waals surface area contributed by atoms with Crippen LogP contribution < -0.4 is 16.2 Å². The zero-order valence-corrected chi connectivity index (χ0v) is 13.7. The summed E-state index contributed by atoms with van der Waals surface area (Å²) < 4.78 is 6.77. The van der Waals surface area contributed by atoms with E-state index in [1.54, 1.807) is 6.21 Å². The summed E-state index contributed by atoms with van der Waals surface area (Å²) in [6, 6.07) is 13.9. The van der Waals surface area contributed by atoms with Crippen LogP contribution in [0.4, 0.5) is 0 Å². The number of benzene rings is 2. The third kappa shape index (κ3) is 4.89. The number of halogens is 1. The van der Waals surface area contributed by atoms with Crippen LogP contribution in [0.15, 0.2) is 57.1 Å². The molecule has 0 saturated carbocycles. The molecule has 0 heterocycles. The van der Waals surface area contributed by atoms with Gasteiger partial charge in [-0.25, -0.2) is 0 Å². The Morgan fingerprint density at radius 3 is 2.59 bits per heavy atom. The average molecular weight is 361 g/mol. The summed E-state index contributed by atoms with van der Waals surface area (Å²) in [4.78, 5) is 0. The Labute approximate surface area is 137 Å². The molecule has 0 atom stereocenters. The van der Waals surface area contributed by atoms with Crippen LogP contribution in [0.3, 0.4) is 0 Å². The van der Waals surface area contributed by atoms with E-state index in [0.29, 0.717) is 12.4 Å². The minimum atomic E-state index is -0.0895. The van der Waals surface area contributed by atoms with Gasteiger partial charge in [-0.1, -0.05) is 45.8 Å². The molecule has 2 aromatic rings. The lowest BCUT2D eigenvalue weighted by molar-refractivity contribution is 0.305. The highest BCUT2D eigenvalue weighted by Gasteiger charge is 2.03. The molecule has 0 radical (unpaired) electrons. The van der Waals surface area contributed by atoms with Gasteiger partial charge in [-0.05, 0) is 30.7 Å². The molecular weight excluding hydrogens is 344 g/mol. The number of hydrogen-bond donors (Lipinski definition) is 2. The second-order valence-electron chi connectivity index (χ2n) is 4.73. The van der Waals surface area contributed by atoms with E-state index < -0.39 is 0 Å². The Balaban J connectivity index is 2.14. The van der Waals surface area contributed by atoms with Crippen molar-refractivity contribution >= 4 is 28.1 Å². The summed E-state index contributed by atoms with van der Waals surface area (Å²) in [6.45, 7) is 2.53. The van der Waals surface area contributed by atoms with Gasteiger partial charge in [0.15, 0.2) is 0 Å². The van der Waals surface area contributed by atoms with Crippen molar-refractivity contribution in [1.29, 1.82) is 0 Å². The first kappa shape index (κ1) is 16.0. The molecule has 0 aliphatic rings. The lowest BCUT2D eigenvalue weighted by atomic mass is 10.1. The van der Waals surface area contributed by atoms with Crippen molar-refractivity contribution in [2.75, 3.05) is 0 Å². The predicted molar refractivity (Wildman–Crippen MR) is 93.1 cm³/mol. The van der Waals surface area contributed by atoms with Crippen LogP contribution in [0.5, 0.6) is 5.75 Å². The average Bonchev–Trinajstić information content (AvgIpc) is 2.48. The highest BCUT2D eigenvalue weighted by molar-refractivity contribution is 9.10. The van der Waals surface area contributed by atoms with Gasteiger partial charge in [-0.2, -0.15) is 5.10 Å². The molecule has 0 aliphatic heterocycles. The quantitative estimate of drug-likeness (QED) is 0.488. The van der Waals surface area contributed by atoms with Gasteiger partial charge in [0.2, 0.25) is 5.96 Å². The molecule has 114 valence electrons. The summed E-state index contributed by atoms with van der Waals surface area (Å²) in [5, 5.41) is 7.41. The third-order valence-corrected chi connectivity index (χ3v) is 3.35. The van der Waals surface area contributed by atoms with Crippen LogP contribution in [-0.4, -0.2) is 12.2 Å². The largest absolute Gasteiger partial charge is 0.488 e. The Morgan fingerprint density at radius 1 is 1.18 bits per heavy atom. The van der Waals surface area contributed by atoms with Crippen LogP contribution >= 0.6 is 15.9 Å². The van der Waals surface area contributed by atoms with Gasteiger partial charge in [0.05, 0.1) is 6.21 Å². The fourth-order valence-corrected chi connectivity index (χ4v) is 2.13. The second kappa shape index (κ2) is 7.61. The van der Waals surface area contributed by atoms with Crippen LogP contribution in [0.25, 0.3) is 0 Å². The molecule has 0 unspecified atom stereocenters. The Kier molecular flexibility index (Phi) is 5.55. The zero-order chi connectivity index (χ0) is 15.9. The normalized spacial score (nSPS) is 10.6. The highest BCUT2D eigenvalue weighted by Crippen LogP contribution is 2.23. The van der Waals surface area contributed by atoms with Gasteiger partial charge in [-0.15, -0.1) is 5.10 Å². The van der Waals surface area contributed by atoms with Gasteiger partial charge in [0.1, 0.15) is 12.4 Å². The molecule has 2 rings (SSSR count). The van der Waals surface area contributed by atoms with E-state index in [-0.39, 0.29) is 5.96 Å². The van der Waals surface area contributed by atoms with Crippen molar-refractivity contribution < 1.29 is 4.74 Å². The van der Waals surface area contributed by atoms with Crippen molar-refractivity contribution in [2.24, 2.45) is 21.7 Å². The molecule has 0 saturated heterocycles. The number of nitrogens with two attached hydrogens (primary N) is 2. The van der Waals surface area contributed by atoms with E-state index in [0.717, 1.165) is 15.6 Å². The summed E-state index contributed by atoms with van der Waals surface area (Å²) in [5.74, 6) is 0.617. The van der Waals surface area contributed by atoms with Gasteiger partial charge in [0, 0.05) is 10.0 Å². The minimum absolute atomic E-state index is 0.0895. The molecule has 22 heavy (non-hydrogen) atoms. The van der Waals surface area contributed by atoms with Crippen molar-refractivity contribution in [3.05, 3.63) is 63.6 Å². The summed E-state index contributed by atoms with van der Waals surface area (Å²) in [6.07, 6.45) is 1.55. The number of hydrogen-bond acceptors (Lipinski definition) is 3. The van der Waals surface area contributed by atoms with Gasteiger partial charge >= 0.3 is 0 Å². The number of aryl methyl sites for hydroxylation is 1. The maximum atomic E-state index is 5.85. The van der Waals surface area contributed by atoms with E-state index in [2.05, 4.69) is 45.2 Å². The monoisotopic (exact) mass is 360 g/mol. The number of nitrogens with zero attached hydrogens (tertiary/aromatic N) is 2. The molecule has 2 aromatic carbocycles. The molecule has 5 nitrogen and oxygen atoms in total. The molecule has 4 N–H and O–H groups in total. The van der Waals surface area contributed by atoms with E-state index in [9.17, 15) is 0 Å². The molecule has 0 spiro atoms. The molecule has 6 heteroatoms. The summed E-state index contributed by atoms with van der Waals surface area (Å²) >= 11 is 3.42. The van der Waals surface area contributed by atoms with Crippen LogP contribution in [0.1, 0.15) is 16.7 Å². The van der Waals surface area contributed by atoms with Gasteiger partial charge < -0.3 is 16.2 Å². The first-order valence-electron chi connectivity index (χ1n) is 6.64. The molecule has 0 fully saturated rings. The van der Waals surface area contributed by atoms with Crippen molar-refractivity contribution in [2.45, 2.75) is 13.5 Å². The fourth-order valence-electron chi connectivity index (χ4n) is 1.75. The highest BCUT2D eigenvalue weighted by atomic mass is 79.9. The first-order chi connectivity index (χ1) is 10.5. The van der Waals surface area contributed by atoms with Crippen molar-refractivity contribution in [1.82, 2.24) is 0 Å². The first-order valence-corrected chi connectivity index (χ1v) is 7.44. The van der Waals surface area contributed by atoms with E-state index in [4.69, 9.17) is 16.2 Å².